The molecule has 2 nitrogen and oxygen atoms in total. The predicted molar refractivity (Wildman–Crippen MR) is 39.1 cm³/mol. The lowest BCUT2D eigenvalue weighted by Gasteiger charge is -1.98. The summed E-state index contributed by atoms with van der Waals surface area (Å²) in [5.74, 6) is 0. The van der Waals surface area contributed by atoms with E-state index in [0.717, 1.165) is 13.0 Å². The molecule has 0 aromatic rings. The molecule has 9 heavy (non-hydrogen) atoms. The van der Waals surface area contributed by atoms with Gasteiger partial charge in [0, 0.05) is 6.54 Å². The summed E-state index contributed by atoms with van der Waals surface area (Å²) in [6.45, 7) is 5.67. The van der Waals surface area contributed by atoms with Crippen LogP contribution in [0, 0.1) is 0 Å². The number of nitrogens with one attached hydrogen (secondary N) is 1. The van der Waals surface area contributed by atoms with E-state index in [1.54, 1.807) is 0 Å². The molecule has 0 unspecified atom stereocenters. The standard InChI is InChI=1S/C7H15NO/c1-3-5-7-9-8-6-4-2/h3,5,8H,4,6-7H2,1-2H3. The van der Waals surface area contributed by atoms with Crippen molar-refractivity contribution in [2.75, 3.05) is 13.2 Å². The van der Waals surface area contributed by atoms with Crippen LogP contribution in [0.25, 0.3) is 0 Å². The largest absolute Gasteiger partial charge is 0.298 e. The number of allylic oxidation sites excluding steroid dienone is 1. The molecule has 0 aliphatic carbocycles. The Bertz CT molecular complexity index is 71.3. The minimum absolute atomic E-state index is 0.663. The first kappa shape index (κ1) is 8.66. The van der Waals surface area contributed by atoms with Gasteiger partial charge in [-0.2, -0.15) is 0 Å². The second kappa shape index (κ2) is 7.66. The van der Waals surface area contributed by atoms with Crippen LogP contribution in [0.15, 0.2) is 12.2 Å². The van der Waals surface area contributed by atoms with Crippen molar-refractivity contribution in [2.24, 2.45) is 0 Å². The van der Waals surface area contributed by atoms with Gasteiger partial charge in [0.25, 0.3) is 0 Å². The number of hydroxylamine groups is 1. The van der Waals surface area contributed by atoms with E-state index in [1.165, 1.54) is 0 Å². The van der Waals surface area contributed by atoms with Crippen molar-refractivity contribution >= 4 is 0 Å². The normalized spacial score (nSPS) is 10.9. The van der Waals surface area contributed by atoms with Gasteiger partial charge >= 0.3 is 0 Å². The van der Waals surface area contributed by atoms with Crippen LogP contribution in [0.2, 0.25) is 0 Å². The highest BCUT2D eigenvalue weighted by Crippen LogP contribution is 1.73. The van der Waals surface area contributed by atoms with Crippen molar-refractivity contribution in [1.29, 1.82) is 0 Å². The van der Waals surface area contributed by atoms with Crippen LogP contribution in [0.1, 0.15) is 20.3 Å². The van der Waals surface area contributed by atoms with Crippen LogP contribution in [-0.4, -0.2) is 13.2 Å². The molecule has 0 radical (unpaired) electrons. The average Bonchev–Trinajstić information content (AvgIpc) is 1.89. The summed E-state index contributed by atoms with van der Waals surface area (Å²) in [5, 5.41) is 0. The zero-order valence-electron chi connectivity index (χ0n) is 6.18. The summed E-state index contributed by atoms with van der Waals surface area (Å²) in [6.07, 6.45) is 5.03. The van der Waals surface area contributed by atoms with E-state index in [1.807, 2.05) is 19.1 Å². The third-order valence-electron chi connectivity index (χ3n) is 0.869. The Kier molecular flexibility index (Phi) is 7.37. The molecule has 1 N–H and O–H groups in total. The summed E-state index contributed by atoms with van der Waals surface area (Å²) in [7, 11) is 0. The molecule has 54 valence electrons. The Hall–Kier alpha value is -0.340. The summed E-state index contributed by atoms with van der Waals surface area (Å²) < 4.78 is 0. The molecule has 0 spiro atoms. The maximum atomic E-state index is 4.98. The van der Waals surface area contributed by atoms with E-state index in [2.05, 4.69) is 12.4 Å². The third kappa shape index (κ3) is 7.66. The van der Waals surface area contributed by atoms with E-state index in [9.17, 15) is 0 Å². The average molecular weight is 129 g/mol. The van der Waals surface area contributed by atoms with Crippen LogP contribution >= 0.6 is 0 Å². The van der Waals surface area contributed by atoms with E-state index >= 15 is 0 Å². The molecule has 0 amide bonds. The Morgan fingerprint density at radius 2 is 2.33 bits per heavy atom. The lowest BCUT2D eigenvalue weighted by molar-refractivity contribution is 0.0627. The fourth-order valence-corrected chi connectivity index (χ4v) is 0.377. The van der Waals surface area contributed by atoms with Gasteiger partial charge in [-0.25, -0.2) is 5.48 Å². The SMILES string of the molecule is CC=CCONCCC. The van der Waals surface area contributed by atoms with Crippen LogP contribution in [0.5, 0.6) is 0 Å². The maximum Gasteiger partial charge on any atom is 0.0863 e. The number of rotatable bonds is 5. The molecule has 0 heterocycles. The van der Waals surface area contributed by atoms with Crippen LogP contribution in [-0.2, 0) is 4.84 Å². The topological polar surface area (TPSA) is 21.3 Å². The fraction of sp³-hybridized carbons (Fsp3) is 0.714. The van der Waals surface area contributed by atoms with Crippen molar-refractivity contribution in [3.8, 4) is 0 Å². The van der Waals surface area contributed by atoms with Crippen LogP contribution in [0.4, 0.5) is 0 Å². The first-order chi connectivity index (χ1) is 4.41. The van der Waals surface area contributed by atoms with Crippen LogP contribution < -0.4 is 5.48 Å². The van der Waals surface area contributed by atoms with Crippen molar-refractivity contribution in [3.05, 3.63) is 12.2 Å². The Balaban J connectivity index is 2.75. The Morgan fingerprint density at radius 1 is 1.56 bits per heavy atom. The van der Waals surface area contributed by atoms with E-state index in [-0.39, 0.29) is 0 Å². The molecule has 0 aromatic carbocycles. The Labute approximate surface area is 56.9 Å². The molecule has 0 fully saturated rings. The summed E-state index contributed by atoms with van der Waals surface area (Å²) in [6, 6.07) is 0. The second-order valence-corrected chi connectivity index (χ2v) is 1.77. The first-order valence-corrected chi connectivity index (χ1v) is 3.37. The monoisotopic (exact) mass is 129 g/mol. The minimum Gasteiger partial charge on any atom is -0.298 e. The highest BCUT2D eigenvalue weighted by Gasteiger charge is 1.78. The maximum absolute atomic E-state index is 4.98. The molecule has 2 heteroatoms. The summed E-state index contributed by atoms with van der Waals surface area (Å²) in [5.41, 5.74) is 2.82. The van der Waals surface area contributed by atoms with Crippen LogP contribution in [0.3, 0.4) is 0 Å². The minimum atomic E-state index is 0.663. The zero-order valence-corrected chi connectivity index (χ0v) is 6.18. The molecular weight excluding hydrogens is 114 g/mol. The van der Waals surface area contributed by atoms with Gasteiger partial charge in [-0.15, -0.1) is 0 Å². The quantitative estimate of drug-likeness (QED) is 0.345. The lowest BCUT2D eigenvalue weighted by Crippen LogP contribution is -2.14. The van der Waals surface area contributed by atoms with Crippen molar-refractivity contribution in [2.45, 2.75) is 20.3 Å². The number of hydrogen-bond acceptors (Lipinski definition) is 2. The number of hydrogen-bond donors (Lipinski definition) is 1. The van der Waals surface area contributed by atoms with E-state index in [4.69, 9.17) is 4.84 Å². The van der Waals surface area contributed by atoms with E-state index in [0.29, 0.717) is 6.61 Å². The molecule has 0 aliphatic heterocycles. The summed E-state index contributed by atoms with van der Waals surface area (Å²) >= 11 is 0. The van der Waals surface area contributed by atoms with E-state index < -0.39 is 0 Å². The van der Waals surface area contributed by atoms with Gasteiger partial charge in [0.05, 0.1) is 6.61 Å². The third-order valence-corrected chi connectivity index (χ3v) is 0.869. The van der Waals surface area contributed by atoms with Gasteiger partial charge in [-0.1, -0.05) is 19.1 Å². The smallest absolute Gasteiger partial charge is 0.0863 e. The summed E-state index contributed by atoms with van der Waals surface area (Å²) in [4.78, 5) is 4.98. The van der Waals surface area contributed by atoms with Gasteiger partial charge in [0.2, 0.25) is 0 Å². The fourth-order valence-electron chi connectivity index (χ4n) is 0.377. The molecule has 0 bridgehead atoms. The molecule has 0 aliphatic rings. The van der Waals surface area contributed by atoms with Crippen molar-refractivity contribution in [3.63, 3.8) is 0 Å². The van der Waals surface area contributed by atoms with Gasteiger partial charge in [0.15, 0.2) is 0 Å². The molecule has 0 aromatic heterocycles. The molecule has 0 saturated carbocycles. The van der Waals surface area contributed by atoms with Crippen molar-refractivity contribution < 1.29 is 4.84 Å². The molecule has 0 saturated heterocycles. The molecule has 0 rings (SSSR count). The first-order valence-electron chi connectivity index (χ1n) is 3.37. The predicted octanol–water partition coefficient (Wildman–Crippen LogP) is 1.49. The highest BCUT2D eigenvalue weighted by atomic mass is 16.6. The zero-order chi connectivity index (χ0) is 6.95. The highest BCUT2D eigenvalue weighted by molar-refractivity contribution is 4.75. The second-order valence-electron chi connectivity index (χ2n) is 1.77. The molecular formula is C7H15NO. The van der Waals surface area contributed by atoms with Crippen molar-refractivity contribution in [1.82, 2.24) is 5.48 Å². The van der Waals surface area contributed by atoms with Gasteiger partial charge in [0.1, 0.15) is 0 Å². The van der Waals surface area contributed by atoms with Gasteiger partial charge in [-0.3, -0.25) is 4.84 Å². The lowest BCUT2D eigenvalue weighted by atomic mass is 10.5. The Morgan fingerprint density at radius 3 is 2.89 bits per heavy atom. The molecule has 0 atom stereocenters. The van der Waals surface area contributed by atoms with Gasteiger partial charge < -0.3 is 0 Å². The van der Waals surface area contributed by atoms with Gasteiger partial charge in [-0.05, 0) is 13.3 Å².